The standard InChI is InChI=1S/C19H21N3O2/c23-19(22-18-9-16(18)14-4-2-1-3-5-14)21-10-13-6-7-20-17(8-13)15-11-24-12-15/h1-8,15-16,18H,9-12H2,(H2,21,22,23)/t16-,18+/m0/s1. The van der Waals surface area contributed by atoms with Crippen LogP contribution < -0.4 is 10.6 Å². The van der Waals surface area contributed by atoms with Crippen molar-refractivity contribution in [2.75, 3.05) is 13.2 Å². The molecule has 2 aliphatic rings. The summed E-state index contributed by atoms with van der Waals surface area (Å²) in [6, 6.07) is 14.5. The van der Waals surface area contributed by atoms with Crippen LogP contribution in [0.25, 0.3) is 0 Å². The van der Waals surface area contributed by atoms with Crippen LogP contribution in [0.4, 0.5) is 4.79 Å². The van der Waals surface area contributed by atoms with Crippen LogP contribution in [-0.4, -0.2) is 30.3 Å². The van der Waals surface area contributed by atoms with E-state index in [1.54, 1.807) is 6.20 Å². The van der Waals surface area contributed by atoms with E-state index in [1.165, 1.54) is 5.56 Å². The summed E-state index contributed by atoms with van der Waals surface area (Å²) in [5.74, 6) is 0.847. The Bertz CT molecular complexity index is 716. The van der Waals surface area contributed by atoms with Gasteiger partial charge in [0, 0.05) is 36.3 Å². The van der Waals surface area contributed by atoms with Gasteiger partial charge in [0.25, 0.3) is 0 Å². The first-order valence-electron chi connectivity index (χ1n) is 8.41. The summed E-state index contributed by atoms with van der Waals surface area (Å²) in [5.41, 5.74) is 3.41. The molecule has 0 spiro atoms. The molecule has 2 amide bonds. The van der Waals surface area contributed by atoms with E-state index < -0.39 is 0 Å². The number of carbonyl (C=O) groups excluding carboxylic acids is 1. The zero-order valence-corrected chi connectivity index (χ0v) is 13.4. The van der Waals surface area contributed by atoms with Crippen molar-refractivity contribution < 1.29 is 9.53 Å². The number of nitrogens with zero attached hydrogens (tertiary/aromatic N) is 1. The van der Waals surface area contributed by atoms with E-state index in [4.69, 9.17) is 4.74 Å². The summed E-state index contributed by atoms with van der Waals surface area (Å²) < 4.78 is 5.20. The average molecular weight is 323 g/mol. The Morgan fingerprint density at radius 3 is 2.79 bits per heavy atom. The molecular weight excluding hydrogens is 302 g/mol. The zero-order valence-electron chi connectivity index (χ0n) is 13.4. The minimum atomic E-state index is -0.108. The molecule has 2 N–H and O–H groups in total. The summed E-state index contributed by atoms with van der Waals surface area (Å²) in [7, 11) is 0. The van der Waals surface area contributed by atoms with E-state index >= 15 is 0 Å². The Kier molecular flexibility index (Phi) is 4.17. The quantitative estimate of drug-likeness (QED) is 0.889. The number of ether oxygens (including phenoxy) is 1. The number of nitrogens with one attached hydrogen (secondary N) is 2. The first kappa shape index (κ1) is 15.1. The van der Waals surface area contributed by atoms with Crippen molar-refractivity contribution in [3.63, 3.8) is 0 Å². The molecule has 5 heteroatoms. The molecule has 1 aliphatic carbocycles. The maximum absolute atomic E-state index is 12.1. The molecule has 5 nitrogen and oxygen atoms in total. The van der Waals surface area contributed by atoms with E-state index in [0.29, 0.717) is 18.4 Å². The van der Waals surface area contributed by atoms with E-state index in [2.05, 4.69) is 33.8 Å². The molecule has 1 saturated carbocycles. The lowest BCUT2D eigenvalue weighted by Gasteiger charge is -2.25. The normalized spacial score (nSPS) is 22.5. The van der Waals surface area contributed by atoms with Gasteiger partial charge in [-0.05, 0) is 29.7 Å². The van der Waals surface area contributed by atoms with Crippen molar-refractivity contribution in [3.05, 3.63) is 65.5 Å². The molecule has 2 fully saturated rings. The molecule has 24 heavy (non-hydrogen) atoms. The minimum Gasteiger partial charge on any atom is -0.380 e. The second kappa shape index (κ2) is 6.61. The highest BCUT2D eigenvalue weighted by Crippen LogP contribution is 2.40. The smallest absolute Gasteiger partial charge is 0.315 e. The van der Waals surface area contributed by atoms with Gasteiger partial charge in [0.2, 0.25) is 0 Å². The van der Waals surface area contributed by atoms with E-state index in [-0.39, 0.29) is 12.1 Å². The van der Waals surface area contributed by atoms with Crippen LogP contribution in [0.5, 0.6) is 0 Å². The Balaban J connectivity index is 1.25. The van der Waals surface area contributed by atoms with Crippen molar-refractivity contribution in [1.82, 2.24) is 15.6 Å². The van der Waals surface area contributed by atoms with E-state index in [1.807, 2.05) is 24.3 Å². The molecule has 2 heterocycles. The molecule has 2 aromatic rings. The number of rotatable bonds is 5. The fraction of sp³-hybridized carbons (Fsp3) is 0.368. The van der Waals surface area contributed by atoms with Crippen LogP contribution in [0.1, 0.15) is 35.1 Å². The number of hydrogen-bond acceptors (Lipinski definition) is 3. The van der Waals surface area contributed by atoms with E-state index in [0.717, 1.165) is 30.9 Å². The van der Waals surface area contributed by atoms with Gasteiger partial charge in [0.05, 0.1) is 13.2 Å². The maximum atomic E-state index is 12.1. The van der Waals surface area contributed by atoms with Crippen molar-refractivity contribution in [1.29, 1.82) is 0 Å². The van der Waals surface area contributed by atoms with Gasteiger partial charge >= 0.3 is 6.03 Å². The molecule has 1 aliphatic heterocycles. The largest absolute Gasteiger partial charge is 0.380 e. The third kappa shape index (κ3) is 3.41. The monoisotopic (exact) mass is 323 g/mol. The minimum absolute atomic E-state index is 0.108. The molecule has 0 unspecified atom stereocenters. The van der Waals surface area contributed by atoms with Gasteiger partial charge < -0.3 is 15.4 Å². The topological polar surface area (TPSA) is 63.2 Å². The lowest BCUT2D eigenvalue weighted by Crippen LogP contribution is -2.37. The van der Waals surface area contributed by atoms with Crippen molar-refractivity contribution >= 4 is 6.03 Å². The van der Waals surface area contributed by atoms with Gasteiger partial charge in [-0.2, -0.15) is 0 Å². The van der Waals surface area contributed by atoms with Crippen molar-refractivity contribution in [2.45, 2.75) is 30.8 Å². The molecule has 0 radical (unpaired) electrons. The summed E-state index contributed by atoms with van der Waals surface area (Å²) in [4.78, 5) is 16.5. The van der Waals surface area contributed by atoms with Gasteiger partial charge in [0.15, 0.2) is 0 Å². The molecule has 1 aromatic heterocycles. The first-order chi connectivity index (χ1) is 11.8. The number of aromatic nitrogens is 1. The Morgan fingerprint density at radius 2 is 2.04 bits per heavy atom. The van der Waals surface area contributed by atoms with Crippen LogP contribution >= 0.6 is 0 Å². The lowest BCUT2D eigenvalue weighted by atomic mass is 10.0. The van der Waals surface area contributed by atoms with Gasteiger partial charge in [-0.3, -0.25) is 4.98 Å². The number of benzene rings is 1. The molecule has 2 atom stereocenters. The fourth-order valence-corrected chi connectivity index (χ4v) is 3.06. The Labute approximate surface area is 141 Å². The summed E-state index contributed by atoms with van der Waals surface area (Å²) in [5, 5.41) is 5.98. The summed E-state index contributed by atoms with van der Waals surface area (Å²) in [6.45, 7) is 2.00. The number of hydrogen-bond donors (Lipinski definition) is 2. The highest BCUT2D eigenvalue weighted by molar-refractivity contribution is 5.74. The average Bonchev–Trinajstić information content (AvgIpc) is 3.32. The van der Waals surface area contributed by atoms with Gasteiger partial charge in [0.1, 0.15) is 0 Å². The third-order valence-electron chi connectivity index (χ3n) is 4.69. The maximum Gasteiger partial charge on any atom is 0.315 e. The fourth-order valence-electron chi connectivity index (χ4n) is 3.06. The highest BCUT2D eigenvalue weighted by atomic mass is 16.5. The highest BCUT2D eigenvalue weighted by Gasteiger charge is 2.39. The van der Waals surface area contributed by atoms with Gasteiger partial charge in [-0.1, -0.05) is 30.3 Å². The Hall–Kier alpha value is -2.40. The number of pyridine rings is 1. The van der Waals surface area contributed by atoms with Crippen LogP contribution in [0.3, 0.4) is 0 Å². The predicted octanol–water partition coefficient (Wildman–Crippen LogP) is 2.55. The molecule has 1 saturated heterocycles. The first-order valence-corrected chi connectivity index (χ1v) is 8.41. The second-order valence-corrected chi connectivity index (χ2v) is 6.51. The van der Waals surface area contributed by atoms with Crippen molar-refractivity contribution in [3.8, 4) is 0 Å². The summed E-state index contributed by atoms with van der Waals surface area (Å²) in [6.07, 6.45) is 2.81. The van der Waals surface area contributed by atoms with E-state index in [9.17, 15) is 4.79 Å². The SMILES string of the molecule is O=C(NCc1ccnc(C2COC2)c1)N[C@@H]1C[C@H]1c1ccccc1. The van der Waals surface area contributed by atoms with Crippen LogP contribution in [0.2, 0.25) is 0 Å². The van der Waals surface area contributed by atoms with Gasteiger partial charge in [-0.25, -0.2) is 4.79 Å². The lowest BCUT2D eigenvalue weighted by molar-refractivity contribution is 0.00668. The van der Waals surface area contributed by atoms with Gasteiger partial charge in [-0.15, -0.1) is 0 Å². The molecule has 4 rings (SSSR count). The van der Waals surface area contributed by atoms with Crippen LogP contribution in [-0.2, 0) is 11.3 Å². The molecular formula is C19H21N3O2. The second-order valence-electron chi connectivity index (χ2n) is 6.51. The molecule has 124 valence electrons. The molecule has 1 aromatic carbocycles. The predicted molar refractivity (Wildman–Crippen MR) is 90.8 cm³/mol. The van der Waals surface area contributed by atoms with Crippen molar-refractivity contribution in [2.24, 2.45) is 0 Å². The number of carbonyl (C=O) groups is 1. The molecule has 0 bridgehead atoms. The summed E-state index contributed by atoms with van der Waals surface area (Å²) >= 11 is 0. The van der Waals surface area contributed by atoms with Crippen LogP contribution in [0.15, 0.2) is 48.7 Å². The number of urea groups is 1. The van der Waals surface area contributed by atoms with Crippen LogP contribution in [0, 0.1) is 0 Å². The Morgan fingerprint density at radius 1 is 1.21 bits per heavy atom. The third-order valence-corrected chi connectivity index (χ3v) is 4.69. The zero-order chi connectivity index (χ0) is 16.4. The number of amides is 2.